The summed E-state index contributed by atoms with van der Waals surface area (Å²) in [6, 6.07) is 9.68. The van der Waals surface area contributed by atoms with Crippen LogP contribution in [0.2, 0.25) is 5.02 Å². The van der Waals surface area contributed by atoms with Gasteiger partial charge in [-0.05, 0) is 44.2 Å². The van der Waals surface area contributed by atoms with Crippen molar-refractivity contribution in [3.05, 3.63) is 52.5 Å². The highest BCUT2D eigenvalue weighted by molar-refractivity contribution is 8.05. The molecule has 12 heteroatoms. The van der Waals surface area contributed by atoms with Crippen molar-refractivity contribution in [1.82, 2.24) is 10.2 Å². The zero-order chi connectivity index (χ0) is 27.5. The number of nitrogens with zero attached hydrogens (tertiary/aromatic N) is 3. The number of likely N-dealkylation sites (N-methyl/N-ethyl adjacent to an activating group) is 1. The van der Waals surface area contributed by atoms with E-state index in [9.17, 15) is 13.2 Å². The van der Waals surface area contributed by atoms with Crippen molar-refractivity contribution in [2.24, 2.45) is 0 Å². The van der Waals surface area contributed by atoms with Gasteiger partial charge in [0.2, 0.25) is 5.91 Å². The maximum absolute atomic E-state index is 14.3. The van der Waals surface area contributed by atoms with E-state index in [2.05, 4.69) is 5.32 Å². The molecule has 1 aliphatic rings. The fraction of sp³-hybridized carbons (Fsp3) is 0.400. The minimum absolute atomic E-state index is 0.00692. The summed E-state index contributed by atoms with van der Waals surface area (Å²) in [6.07, 6.45) is 1.75. The molecule has 9 nitrogen and oxygen atoms in total. The van der Waals surface area contributed by atoms with Gasteiger partial charge in [-0.25, -0.2) is 12.7 Å². The first kappa shape index (κ1) is 28.8. The van der Waals surface area contributed by atoms with E-state index in [1.807, 2.05) is 32.0 Å². The van der Waals surface area contributed by atoms with Crippen molar-refractivity contribution in [1.29, 1.82) is 0 Å². The molecule has 0 saturated carbocycles. The lowest BCUT2D eigenvalue weighted by atomic mass is 10.2. The summed E-state index contributed by atoms with van der Waals surface area (Å²) < 4.78 is 40.6. The highest BCUT2D eigenvalue weighted by Crippen LogP contribution is 2.46. The summed E-state index contributed by atoms with van der Waals surface area (Å²) in [4.78, 5) is 15.2. The van der Waals surface area contributed by atoms with Gasteiger partial charge in [-0.2, -0.15) is 0 Å². The fourth-order valence-corrected chi connectivity index (χ4v) is 7.38. The maximum atomic E-state index is 14.3. The van der Waals surface area contributed by atoms with Gasteiger partial charge in [0.15, 0.2) is 16.5 Å². The summed E-state index contributed by atoms with van der Waals surface area (Å²) in [7, 11) is 2.47. The van der Waals surface area contributed by atoms with Gasteiger partial charge in [0.1, 0.15) is 0 Å². The second kappa shape index (κ2) is 11.3. The molecule has 1 aliphatic heterocycles. The Kier molecular flexibility index (Phi) is 8.81. The average Bonchev–Trinajstić information content (AvgIpc) is 3.23. The minimum Gasteiger partial charge on any atom is -0.493 e. The van der Waals surface area contributed by atoms with Crippen molar-refractivity contribution in [3.63, 3.8) is 0 Å². The second-order valence-corrected chi connectivity index (χ2v) is 12.4. The smallest absolute Gasteiger partial charge is 0.267 e. The lowest BCUT2D eigenvalue weighted by Gasteiger charge is -2.39. The number of ether oxygens (including phenoxy) is 2. The van der Waals surface area contributed by atoms with Crippen molar-refractivity contribution in [2.45, 2.75) is 30.7 Å². The molecule has 0 bridgehead atoms. The van der Waals surface area contributed by atoms with Gasteiger partial charge >= 0.3 is 0 Å². The zero-order valence-corrected chi connectivity index (χ0v) is 24.4. The molecule has 1 heterocycles. The molecule has 37 heavy (non-hydrogen) atoms. The molecule has 0 fully saturated rings. The fourth-order valence-electron chi connectivity index (χ4n) is 3.95. The predicted octanol–water partition coefficient (Wildman–Crippen LogP) is 4.34. The van der Waals surface area contributed by atoms with Crippen molar-refractivity contribution >= 4 is 50.7 Å². The standard InChI is InChI=1S/C25H33ClN4O5S2/c1-8-29(17(2)31)16-19-15-27-25(3,36-19)30(22-13-18(28(4)5)9-11-21(22)26)37(32,33)20-10-12-23(34-6)24(14-20)35-7/h9-15,27H,8,16H2,1-7H3. The molecule has 1 unspecified atom stereocenters. The molecule has 202 valence electrons. The summed E-state index contributed by atoms with van der Waals surface area (Å²) in [5, 5.41) is 3.50. The average molecular weight is 569 g/mol. The van der Waals surface area contributed by atoms with Crippen LogP contribution in [0.25, 0.3) is 0 Å². The topological polar surface area (TPSA) is 91.4 Å². The first-order valence-electron chi connectivity index (χ1n) is 11.5. The van der Waals surface area contributed by atoms with E-state index in [0.717, 1.165) is 10.6 Å². The number of halogens is 1. The quantitative estimate of drug-likeness (QED) is 0.453. The Hall–Kier alpha value is -2.76. The zero-order valence-electron chi connectivity index (χ0n) is 22.0. The number of methoxy groups -OCH3 is 2. The number of carbonyl (C=O) groups is 1. The van der Waals surface area contributed by atoms with Crippen LogP contribution in [0, 0.1) is 0 Å². The number of hydrogen-bond donors (Lipinski definition) is 1. The van der Waals surface area contributed by atoms with E-state index in [4.69, 9.17) is 21.1 Å². The van der Waals surface area contributed by atoms with E-state index < -0.39 is 15.0 Å². The highest BCUT2D eigenvalue weighted by atomic mass is 35.5. The molecule has 0 radical (unpaired) electrons. The summed E-state index contributed by atoms with van der Waals surface area (Å²) in [6.45, 7) is 6.07. The molecule has 3 rings (SSSR count). The van der Waals surface area contributed by atoms with Crippen LogP contribution in [0.15, 0.2) is 52.4 Å². The molecule has 0 aromatic heterocycles. The molecule has 0 saturated heterocycles. The third-order valence-electron chi connectivity index (χ3n) is 5.95. The van der Waals surface area contributed by atoms with Crippen LogP contribution >= 0.6 is 23.4 Å². The number of thioether (sulfide) groups is 1. The first-order valence-corrected chi connectivity index (χ1v) is 14.2. The summed E-state index contributed by atoms with van der Waals surface area (Å²) in [5.74, 6) is 0.634. The molecular weight excluding hydrogens is 536 g/mol. The molecule has 0 spiro atoms. The number of anilines is 2. The third-order valence-corrected chi connectivity index (χ3v) is 9.48. The molecule has 1 atom stereocenters. The second-order valence-electron chi connectivity index (χ2n) is 8.69. The molecule has 2 aromatic carbocycles. The highest BCUT2D eigenvalue weighted by Gasteiger charge is 2.45. The normalized spacial score (nSPS) is 17.0. The number of amides is 1. The number of sulfonamides is 1. The van der Waals surface area contributed by atoms with Crippen LogP contribution in [0.3, 0.4) is 0 Å². The van der Waals surface area contributed by atoms with Crippen LogP contribution < -0.4 is 24.0 Å². The Morgan fingerprint density at radius 3 is 2.35 bits per heavy atom. The van der Waals surface area contributed by atoms with Gasteiger partial charge in [0.05, 0.1) is 36.4 Å². The predicted molar refractivity (Wildman–Crippen MR) is 150 cm³/mol. The Balaban J connectivity index is 2.16. The van der Waals surface area contributed by atoms with E-state index in [1.54, 1.807) is 36.2 Å². The Morgan fingerprint density at radius 2 is 1.78 bits per heavy atom. The summed E-state index contributed by atoms with van der Waals surface area (Å²) >= 11 is 7.96. The Labute approximate surface area is 228 Å². The van der Waals surface area contributed by atoms with Gasteiger partial charge in [-0.3, -0.25) is 4.79 Å². The molecule has 0 aliphatic carbocycles. The number of benzene rings is 2. The van der Waals surface area contributed by atoms with Crippen LogP contribution in [0.1, 0.15) is 20.8 Å². The van der Waals surface area contributed by atoms with E-state index in [1.165, 1.54) is 49.3 Å². The molecule has 2 aromatic rings. The van der Waals surface area contributed by atoms with Crippen LogP contribution in [0.5, 0.6) is 11.5 Å². The van der Waals surface area contributed by atoms with Crippen molar-refractivity contribution in [2.75, 3.05) is 50.6 Å². The summed E-state index contributed by atoms with van der Waals surface area (Å²) in [5.41, 5.74) is 1.08. The molecular formula is C25H33ClN4O5S2. The lowest BCUT2D eigenvalue weighted by Crippen LogP contribution is -2.54. The lowest BCUT2D eigenvalue weighted by molar-refractivity contribution is -0.128. The third kappa shape index (κ3) is 5.89. The molecule has 1 N–H and O–H groups in total. The minimum atomic E-state index is -4.19. The van der Waals surface area contributed by atoms with Gasteiger partial charge in [-0.1, -0.05) is 23.4 Å². The monoisotopic (exact) mass is 568 g/mol. The Morgan fingerprint density at radius 1 is 1.11 bits per heavy atom. The van der Waals surface area contributed by atoms with Crippen LogP contribution in [-0.2, 0) is 14.8 Å². The van der Waals surface area contributed by atoms with Gasteiger partial charge in [0.25, 0.3) is 10.0 Å². The van der Waals surface area contributed by atoms with E-state index in [-0.39, 0.29) is 21.6 Å². The number of carbonyl (C=O) groups excluding carboxylic acids is 1. The Bertz CT molecular complexity index is 1300. The van der Waals surface area contributed by atoms with Gasteiger partial charge in [-0.15, -0.1) is 0 Å². The van der Waals surface area contributed by atoms with E-state index in [0.29, 0.717) is 24.5 Å². The number of rotatable bonds is 10. The first-order chi connectivity index (χ1) is 17.4. The van der Waals surface area contributed by atoms with Gasteiger partial charge in [0, 0.05) is 50.4 Å². The molecule has 1 amide bonds. The number of nitrogens with one attached hydrogen (secondary N) is 1. The van der Waals surface area contributed by atoms with Gasteiger partial charge < -0.3 is 24.6 Å². The maximum Gasteiger partial charge on any atom is 0.267 e. The largest absolute Gasteiger partial charge is 0.493 e. The van der Waals surface area contributed by atoms with Crippen molar-refractivity contribution < 1.29 is 22.7 Å². The van der Waals surface area contributed by atoms with E-state index >= 15 is 0 Å². The van der Waals surface area contributed by atoms with Crippen LogP contribution in [-0.4, -0.2) is 65.6 Å². The van der Waals surface area contributed by atoms with Crippen molar-refractivity contribution in [3.8, 4) is 11.5 Å². The SMILES string of the molecule is CCN(CC1=CNC(C)(N(c2cc(N(C)C)ccc2Cl)S(=O)(=O)c2ccc(OC)c(OC)c2)S1)C(C)=O. The van der Waals surface area contributed by atoms with Crippen LogP contribution in [0.4, 0.5) is 11.4 Å². The number of hydrogen-bond acceptors (Lipinski definition) is 8.